The molecular weight excluding hydrogens is 272 g/mol. The quantitative estimate of drug-likeness (QED) is 0.816. The summed E-state index contributed by atoms with van der Waals surface area (Å²) in [5.74, 6) is -0.0860. The molecule has 0 saturated heterocycles. The smallest absolute Gasteiger partial charge is 0.260 e. The van der Waals surface area contributed by atoms with E-state index < -0.39 is 0 Å². The number of nitrogens with two attached hydrogens (primary N) is 1. The van der Waals surface area contributed by atoms with Crippen molar-refractivity contribution in [2.45, 2.75) is 12.8 Å². The molecule has 1 aliphatic heterocycles. The molecule has 1 aliphatic rings. The largest absolute Gasteiger partial charge is 0.398 e. The van der Waals surface area contributed by atoms with Gasteiger partial charge in [0.15, 0.2) is 0 Å². The van der Waals surface area contributed by atoms with Crippen LogP contribution >= 0.6 is 11.6 Å². The number of hydrogen-bond donors (Lipinski definition) is 1. The van der Waals surface area contributed by atoms with E-state index in [-0.39, 0.29) is 5.91 Å². The number of halogens is 1. The maximum Gasteiger partial charge on any atom is 0.260 e. The van der Waals surface area contributed by atoms with Crippen LogP contribution in [0.25, 0.3) is 0 Å². The molecule has 0 bridgehead atoms. The maximum absolute atomic E-state index is 12.7. The molecule has 3 rings (SSSR count). The Kier molecular flexibility index (Phi) is 3.36. The summed E-state index contributed by atoms with van der Waals surface area (Å²) in [6.07, 6.45) is 1.97. The highest BCUT2D eigenvalue weighted by molar-refractivity contribution is 6.31. The van der Waals surface area contributed by atoms with Gasteiger partial charge in [0.2, 0.25) is 0 Å². The summed E-state index contributed by atoms with van der Waals surface area (Å²) >= 11 is 5.97. The van der Waals surface area contributed by atoms with E-state index in [1.165, 1.54) is 5.56 Å². The van der Waals surface area contributed by atoms with Crippen molar-refractivity contribution >= 4 is 28.9 Å². The number of amides is 1. The average molecular weight is 287 g/mol. The number of rotatable bonds is 1. The first-order valence-corrected chi connectivity index (χ1v) is 6.99. The fourth-order valence-electron chi connectivity index (χ4n) is 2.60. The first-order valence-electron chi connectivity index (χ1n) is 6.61. The zero-order valence-corrected chi connectivity index (χ0v) is 11.7. The third-order valence-electron chi connectivity index (χ3n) is 3.60. The summed E-state index contributed by atoms with van der Waals surface area (Å²) < 4.78 is 0. The van der Waals surface area contributed by atoms with Gasteiger partial charge in [0.25, 0.3) is 5.91 Å². The molecule has 0 fully saturated rings. The average Bonchev–Trinajstić information content (AvgIpc) is 2.48. The summed E-state index contributed by atoms with van der Waals surface area (Å²) in [7, 11) is 0. The number of anilines is 2. The Morgan fingerprint density at radius 3 is 2.85 bits per heavy atom. The molecule has 0 saturated carbocycles. The predicted molar refractivity (Wildman–Crippen MR) is 82.3 cm³/mol. The Labute approximate surface area is 123 Å². The standard InChI is InChI=1S/C16H15ClN2O/c17-12-7-8-14(18)13(10-12)16(20)19-9-3-5-11-4-1-2-6-15(11)19/h1-2,4,6-8,10H,3,5,9,18H2. The Hall–Kier alpha value is -2.00. The monoisotopic (exact) mass is 286 g/mol. The molecule has 20 heavy (non-hydrogen) atoms. The number of fused-ring (bicyclic) bond motifs is 1. The van der Waals surface area contributed by atoms with Crippen molar-refractivity contribution in [3.05, 3.63) is 58.6 Å². The molecule has 2 aromatic rings. The topological polar surface area (TPSA) is 46.3 Å². The molecule has 1 amide bonds. The van der Waals surface area contributed by atoms with Crippen molar-refractivity contribution in [1.82, 2.24) is 0 Å². The molecule has 0 radical (unpaired) electrons. The van der Waals surface area contributed by atoms with Crippen LogP contribution in [0, 0.1) is 0 Å². The first-order chi connectivity index (χ1) is 9.66. The van der Waals surface area contributed by atoms with Crippen molar-refractivity contribution in [2.75, 3.05) is 17.2 Å². The van der Waals surface area contributed by atoms with Crippen LogP contribution in [0.4, 0.5) is 11.4 Å². The van der Waals surface area contributed by atoms with E-state index in [2.05, 4.69) is 6.07 Å². The van der Waals surface area contributed by atoms with E-state index in [9.17, 15) is 4.79 Å². The van der Waals surface area contributed by atoms with Crippen molar-refractivity contribution in [3.8, 4) is 0 Å². The second kappa shape index (κ2) is 5.17. The van der Waals surface area contributed by atoms with Crippen LogP contribution in [0.1, 0.15) is 22.3 Å². The van der Waals surface area contributed by atoms with E-state index in [1.54, 1.807) is 23.1 Å². The predicted octanol–water partition coefficient (Wildman–Crippen LogP) is 3.52. The Balaban J connectivity index is 2.02. The van der Waals surface area contributed by atoms with Gasteiger partial charge in [-0.05, 0) is 42.7 Å². The zero-order chi connectivity index (χ0) is 14.1. The van der Waals surface area contributed by atoms with Crippen LogP contribution < -0.4 is 10.6 Å². The maximum atomic E-state index is 12.7. The number of para-hydroxylation sites is 1. The number of benzene rings is 2. The van der Waals surface area contributed by atoms with Gasteiger partial charge < -0.3 is 10.6 Å². The van der Waals surface area contributed by atoms with Crippen LogP contribution in [0.5, 0.6) is 0 Å². The van der Waals surface area contributed by atoms with Crippen molar-refractivity contribution < 1.29 is 4.79 Å². The van der Waals surface area contributed by atoms with Crippen molar-refractivity contribution in [2.24, 2.45) is 0 Å². The zero-order valence-electron chi connectivity index (χ0n) is 11.0. The molecule has 0 aliphatic carbocycles. The fraction of sp³-hybridized carbons (Fsp3) is 0.188. The van der Waals surface area contributed by atoms with Gasteiger partial charge in [-0.1, -0.05) is 29.8 Å². The number of aryl methyl sites for hydroxylation is 1. The van der Waals surface area contributed by atoms with Gasteiger partial charge in [0, 0.05) is 22.9 Å². The summed E-state index contributed by atoms with van der Waals surface area (Å²) in [5, 5.41) is 0.521. The molecule has 1 heterocycles. The van der Waals surface area contributed by atoms with E-state index >= 15 is 0 Å². The highest BCUT2D eigenvalue weighted by Gasteiger charge is 2.24. The first kappa shape index (κ1) is 13.0. The van der Waals surface area contributed by atoms with Gasteiger partial charge in [-0.3, -0.25) is 4.79 Å². The second-order valence-corrected chi connectivity index (χ2v) is 5.36. The molecule has 2 aromatic carbocycles. The minimum absolute atomic E-state index is 0.0860. The molecule has 102 valence electrons. The number of carbonyl (C=O) groups is 1. The van der Waals surface area contributed by atoms with E-state index in [0.717, 1.165) is 18.5 Å². The molecule has 0 spiro atoms. The molecule has 4 heteroatoms. The Bertz CT molecular complexity index is 669. The summed E-state index contributed by atoms with van der Waals surface area (Å²) in [6.45, 7) is 0.710. The van der Waals surface area contributed by atoms with Crippen LogP contribution in [0.2, 0.25) is 5.02 Å². The van der Waals surface area contributed by atoms with Gasteiger partial charge in [-0.25, -0.2) is 0 Å². The minimum Gasteiger partial charge on any atom is -0.398 e. The van der Waals surface area contributed by atoms with Gasteiger partial charge >= 0.3 is 0 Å². The highest BCUT2D eigenvalue weighted by atomic mass is 35.5. The SMILES string of the molecule is Nc1ccc(Cl)cc1C(=O)N1CCCc2ccccc21. The molecule has 0 unspecified atom stereocenters. The van der Waals surface area contributed by atoms with Crippen LogP contribution in [0.3, 0.4) is 0 Å². The molecule has 2 N–H and O–H groups in total. The summed E-state index contributed by atoms with van der Waals surface area (Å²) in [6, 6.07) is 13.0. The fourth-order valence-corrected chi connectivity index (χ4v) is 2.78. The lowest BCUT2D eigenvalue weighted by Crippen LogP contribution is -2.35. The summed E-state index contributed by atoms with van der Waals surface area (Å²) in [5.41, 5.74) is 9.02. The lowest BCUT2D eigenvalue weighted by Gasteiger charge is -2.29. The third-order valence-corrected chi connectivity index (χ3v) is 3.84. The minimum atomic E-state index is -0.0860. The lowest BCUT2D eigenvalue weighted by molar-refractivity contribution is 0.0986. The highest BCUT2D eigenvalue weighted by Crippen LogP contribution is 2.29. The summed E-state index contributed by atoms with van der Waals surface area (Å²) in [4.78, 5) is 14.5. The second-order valence-electron chi connectivity index (χ2n) is 4.92. The van der Waals surface area contributed by atoms with E-state index in [4.69, 9.17) is 17.3 Å². The van der Waals surface area contributed by atoms with E-state index in [0.29, 0.717) is 22.8 Å². The van der Waals surface area contributed by atoms with Crippen LogP contribution in [0.15, 0.2) is 42.5 Å². The Morgan fingerprint density at radius 1 is 1.20 bits per heavy atom. The molecular formula is C16H15ClN2O. The normalized spacial score (nSPS) is 13.9. The number of carbonyl (C=O) groups excluding carboxylic acids is 1. The Morgan fingerprint density at radius 2 is 2.00 bits per heavy atom. The van der Waals surface area contributed by atoms with Crippen molar-refractivity contribution in [1.29, 1.82) is 0 Å². The molecule has 0 aromatic heterocycles. The van der Waals surface area contributed by atoms with Crippen molar-refractivity contribution in [3.63, 3.8) is 0 Å². The van der Waals surface area contributed by atoms with Crippen LogP contribution in [-0.2, 0) is 6.42 Å². The molecule has 0 atom stereocenters. The van der Waals surface area contributed by atoms with E-state index in [1.807, 2.05) is 18.2 Å². The van der Waals surface area contributed by atoms with Gasteiger partial charge in [-0.15, -0.1) is 0 Å². The number of hydrogen-bond acceptors (Lipinski definition) is 2. The lowest BCUT2D eigenvalue weighted by atomic mass is 10.0. The van der Waals surface area contributed by atoms with Gasteiger partial charge in [0.1, 0.15) is 0 Å². The van der Waals surface area contributed by atoms with Gasteiger partial charge in [-0.2, -0.15) is 0 Å². The number of nitrogens with zero attached hydrogens (tertiary/aromatic N) is 1. The number of nitrogen functional groups attached to an aromatic ring is 1. The molecule has 3 nitrogen and oxygen atoms in total. The van der Waals surface area contributed by atoms with Crippen LogP contribution in [-0.4, -0.2) is 12.5 Å². The third kappa shape index (κ3) is 2.25. The van der Waals surface area contributed by atoms with Gasteiger partial charge in [0.05, 0.1) is 5.56 Å².